The van der Waals surface area contributed by atoms with Crippen molar-refractivity contribution in [3.63, 3.8) is 0 Å². The number of hydrogen-bond acceptors (Lipinski definition) is 3. The van der Waals surface area contributed by atoms with Crippen LogP contribution in [0.5, 0.6) is 0 Å². The predicted molar refractivity (Wildman–Crippen MR) is 68.9 cm³/mol. The molecule has 2 rings (SSSR count). The molecule has 1 saturated heterocycles. The molecule has 4 atom stereocenters. The van der Waals surface area contributed by atoms with Gasteiger partial charge in [0, 0.05) is 12.6 Å². The molecule has 1 saturated carbocycles. The molecule has 1 aliphatic carbocycles. The van der Waals surface area contributed by atoms with Crippen LogP contribution in [0, 0.1) is 5.92 Å². The number of morpholine rings is 1. The van der Waals surface area contributed by atoms with Gasteiger partial charge in [0.25, 0.3) is 0 Å². The monoisotopic (exact) mass is 270 g/mol. The molecule has 0 spiro atoms. The molecule has 1 heterocycles. The molecule has 2 amide bonds. The summed E-state index contributed by atoms with van der Waals surface area (Å²) in [6, 6.07) is -0.394. The molecule has 0 aromatic rings. The fraction of sp³-hybridized carbons (Fsp3) is 0.846. The van der Waals surface area contributed by atoms with Gasteiger partial charge in [0.15, 0.2) is 0 Å². The minimum Gasteiger partial charge on any atom is -0.481 e. The Morgan fingerprint density at radius 2 is 2.11 bits per heavy atom. The number of nitrogens with one attached hydrogen (secondary N) is 1. The summed E-state index contributed by atoms with van der Waals surface area (Å²) in [4.78, 5) is 25.0. The second-order valence-electron chi connectivity index (χ2n) is 5.47. The Labute approximate surface area is 113 Å². The molecule has 19 heavy (non-hydrogen) atoms. The highest BCUT2D eigenvalue weighted by Gasteiger charge is 2.39. The number of urea groups is 1. The number of aliphatic carboxylic acids is 1. The summed E-state index contributed by atoms with van der Waals surface area (Å²) in [5.41, 5.74) is 0. The van der Waals surface area contributed by atoms with Crippen LogP contribution in [0.2, 0.25) is 0 Å². The van der Waals surface area contributed by atoms with Crippen molar-refractivity contribution in [1.29, 1.82) is 0 Å². The van der Waals surface area contributed by atoms with Crippen molar-refractivity contribution in [3.8, 4) is 0 Å². The van der Waals surface area contributed by atoms with Crippen LogP contribution in [0.15, 0.2) is 0 Å². The molecule has 6 nitrogen and oxygen atoms in total. The van der Waals surface area contributed by atoms with Crippen molar-refractivity contribution in [3.05, 3.63) is 0 Å². The number of hydrogen-bond donors (Lipinski definition) is 2. The Morgan fingerprint density at radius 3 is 2.79 bits per heavy atom. The van der Waals surface area contributed by atoms with E-state index in [-0.39, 0.29) is 24.2 Å². The van der Waals surface area contributed by atoms with Gasteiger partial charge in [0.05, 0.1) is 24.7 Å². The van der Waals surface area contributed by atoms with Crippen molar-refractivity contribution in [2.45, 2.75) is 51.3 Å². The first-order valence-electron chi connectivity index (χ1n) is 6.92. The van der Waals surface area contributed by atoms with Crippen LogP contribution in [-0.2, 0) is 9.53 Å². The summed E-state index contributed by atoms with van der Waals surface area (Å²) in [7, 11) is 0. The summed E-state index contributed by atoms with van der Waals surface area (Å²) in [6.07, 6.45) is 3.23. The second-order valence-corrected chi connectivity index (χ2v) is 5.47. The summed E-state index contributed by atoms with van der Waals surface area (Å²) < 4.78 is 5.66. The van der Waals surface area contributed by atoms with E-state index in [1.165, 1.54) is 0 Å². The highest BCUT2D eigenvalue weighted by atomic mass is 16.5. The van der Waals surface area contributed by atoms with Gasteiger partial charge in [-0.1, -0.05) is 0 Å². The molecule has 0 bridgehead atoms. The first kappa shape index (κ1) is 14.1. The lowest BCUT2D eigenvalue weighted by atomic mass is 10.0. The fourth-order valence-corrected chi connectivity index (χ4v) is 2.79. The van der Waals surface area contributed by atoms with Gasteiger partial charge in [-0.2, -0.15) is 0 Å². The standard InChI is InChI=1S/C13H22N2O4/c1-8(12(16)17)9(2)14-13(18)15-6-7-19-11-5-3-4-10(11)15/h8-11H,3-7H2,1-2H3,(H,14,18)(H,16,17). The minimum absolute atomic E-state index is 0.154. The van der Waals surface area contributed by atoms with E-state index in [0.717, 1.165) is 19.3 Å². The highest BCUT2D eigenvalue weighted by molar-refractivity contribution is 5.77. The number of nitrogens with zero attached hydrogens (tertiary/aromatic N) is 1. The van der Waals surface area contributed by atoms with Gasteiger partial charge >= 0.3 is 12.0 Å². The molecule has 0 aromatic carbocycles. The number of rotatable bonds is 3. The molecule has 6 heteroatoms. The zero-order valence-corrected chi connectivity index (χ0v) is 11.5. The molecular formula is C13H22N2O4. The number of carboxylic acids is 1. The van der Waals surface area contributed by atoms with Gasteiger partial charge in [-0.15, -0.1) is 0 Å². The third kappa shape index (κ3) is 3.00. The highest BCUT2D eigenvalue weighted by Crippen LogP contribution is 2.29. The van der Waals surface area contributed by atoms with E-state index < -0.39 is 11.9 Å². The van der Waals surface area contributed by atoms with Crippen LogP contribution in [0.4, 0.5) is 4.79 Å². The van der Waals surface area contributed by atoms with Crippen LogP contribution >= 0.6 is 0 Å². The average Bonchev–Trinajstić information content (AvgIpc) is 2.85. The Balaban J connectivity index is 1.93. The minimum atomic E-state index is -0.895. The number of fused-ring (bicyclic) bond motifs is 1. The van der Waals surface area contributed by atoms with Crippen LogP contribution in [0.1, 0.15) is 33.1 Å². The second kappa shape index (κ2) is 5.77. The molecular weight excluding hydrogens is 248 g/mol. The third-order valence-corrected chi connectivity index (χ3v) is 4.23. The van der Waals surface area contributed by atoms with Gasteiger partial charge < -0.3 is 20.1 Å². The maximum atomic E-state index is 12.2. The molecule has 2 aliphatic rings. The maximum Gasteiger partial charge on any atom is 0.318 e. The van der Waals surface area contributed by atoms with Gasteiger partial charge in [-0.05, 0) is 33.1 Å². The van der Waals surface area contributed by atoms with E-state index in [9.17, 15) is 9.59 Å². The van der Waals surface area contributed by atoms with Gasteiger partial charge in [-0.25, -0.2) is 4.79 Å². The van der Waals surface area contributed by atoms with E-state index in [1.54, 1.807) is 13.8 Å². The first-order valence-corrected chi connectivity index (χ1v) is 6.92. The summed E-state index contributed by atoms with van der Waals surface area (Å²) in [5.74, 6) is -1.49. The Hall–Kier alpha value is -1.30. The predicted octanol–water partition coefficient (Wildman–Crippen LogP) is 1.06. The van der Waals surface area contributed by atoms with Crippen LogP contribution in [0.3, 0.4) is 0 Å². The molecule has 4 unspecified atom stereocenters. The van der Waals surface area contributed by atoms with Crippen LogP contribution in [-0.4, -0.2) is 53.3 Å². The molecule has 0 aromatic heterocycles. The van der Waals surface area contributed by atoms with E-state index in [2.05, 4.69) is 5.32 Å². The normalized spacial score (nSPS) is 29.5. The van der Waals surface area contributed by atoms with Gasteiger partial charge in [0.1, 0.15) is 0 Å². The van der Waals surface area contributed by atoms with Gasteiger partial charge in [-0.3, -0.25) is 4.79 Å². The van der Waals surface area contributed by atoms with Crippen molar-refractivity contribution >= 4 is 12.0 Å². The lowest BCUT2D eigenvalue weighted by molar-refractivity contribution is -0.141. The van der Waals surface area contributed by atoms with Crippen LogP contribution < -0.4 is 5.32 Å². The SMILES string of the molecule is CC(NC(=O)N1CCOC2CCCC21)C(C)C(=O)O. The molecule has 108 valence electrons. The topological polar surface area (TPSA) is 78.9 Å². The average molecular weight is 270 g/mol. The largest absolute Gasteiger partial charge is 0.481 e. The smallest absolute Gasteiger partial charge is 0.318 e. The van der Waals surface area contributed by atoms with E-state index in [4.69, 9.17) is 9.84 Å². The Morgan fingerprint density at radius 1 is 1.37 bits per heavy atom. The van der Waals surface area contributed by atoms with E-state index >= 15 is 0 Å². The maximum absolute atomic E-state index is 12.2. The summed E-state index contributed by atoms with van der Waals surface area (Å²) >= 11 is 0. The molecule has 2 N–H and O–H groups in total. The fourth-order valence-electron chi connectivity index (χ4n) is 2.79. The third-order valence-electron chi connectivity index (χ3n) is 4.23. The lowest BCUT2D eigenvalue weighted by Gasteiger charge is -2.38. The molecule has 1 aliphatic heterocycles. The van der Waals surface area contributed by atoms with E-state index in [1.807, 2.05) is 4.90 Å². The van der Waals surface area contributed by atoms with Gasteiger partial charge in [0.2, 0.25) is 0 Å². The quantitative estimate of drug-likeness (QED) is 0.803. The number of carbonyl (C=O) groups excluding carboxylic acids is 1. The zero-order valence-electron chi connectivity index (χ0n) is 11.5. The van der Waals surface area contributed by atoms with Crippen molar-refractivity contribution < 1.29 is 19.4 Å². The zero-order chi connectivity index (χ0) is 14.0. The Bertz CT molecular complexity index is 361. The number of ether oxygens (including phenoxy) is 1. The summed E-state index contributed by atoms with van der Waals surface area (Å²) in [6.45, 7) is 4.48. The van der Waals surface area contributed by atoms with Crippen molar-refractivity contribution in [2.75, 3.05) is 13.2 Å². The van der Waals surface area contributed by atoms with E-state index in [0.29, 0.717) is 13.2 Å². The number of carboxylic acid groups (broad SMARTS) is 1. The number of amides is 2. The van der Waals surface area contributed by atoms with Crippen LogP contribution in [0.25, 0.3) is 0 Å². The van der Waals surface area contributed by atoms with Crippen molar-refractivity contribution in [2.24, 2.45) is 5.92 Å². The Kier molecular flexibility index (Phi) is 4.29. The first-order chi connectivity index (χ1) is 9.00. The molecule has 2 fully saturated rings. The molecule has 0 radical (unpaired) electrons. The van der Waals surface area contributed by atoms with Crippen molar-refractivity contribution in [1.82, 2.24) is 10.2 Å². The summed E-state index contributed by atoms with van der Waals surface area (Å²) in [5, 5.41) is 11.7. The number of carbonyl (C=O) groups is 2. The lowest BCUT2D eigenvalue weighted by Crippen LogP contribution is -2.56.